The number of amides is 1. The second kappa shape index (κ2) is 11.0. The monoisotopic (exact) mass is 563 g/mol. The fourth-order valence-corrected chi connectivity index (χ4v) is 6.32. The molecule has 0 radical (unpaired) electrons. The molecule has 4 aromatic carbocycles. The molecule has 4 aromatic rings. The largest absolute Gasteiger partial charge is 0.496 e. The van der Waals surface area contributed by atoms with Crippen molar-refractivity contribution in [2.24, 2.45) is 11.8 Å². The van der Waals surface area contributed by atoms with Crippen molar-refractivity contribution in [1.82, 2.24) is 0 Å². The molecule has 1 fully saturated rings. The predicted molar refractivity (Wildman–Crippen MR) is 156 cm³/mol. The first-order valence-corrected chi connectivity index (χ1v) is 13.6. The average Bonchev–Trinajstić information content (AvgIpc) is 3.36. The molecule has 42 heavy (non-hydrogen) atoms. The number of nitrogens with one attached hydrogen (secondary N) is 1. The van der Waals surface area contributed by atoms with Crippen molar-refractivity contribution in [2.45, 2.75) is 18.3 Å². The molecule has 1 aliphatic carbocycles. The lowest BCUT2D eigenvalue weighted by atomic mass is 9.52. The van der Waals surface area contributed by atoms with Crippen molar-refractivity contribution in [1.29, 1.82) is 0 Å². The summed E-state index contributed by atoms with van der Waals surface area (Å²) in [6.07, 6.45) is 0.354. The van der Waals surface area contributed by atoms with Gasteiger partial charge in [0.1, 0.15) is 17.2 Å². The van der Waals surface area contributed by atoms with Gasteiger partial charge in [0.15, 0.2) is 0 Å². The van der Waals surface area contributed by atoms with E-state index < -0.39 is 35.6 Å². The van der Waals surface area contributed by atoms with Crippen LogP contribution in [0.15, 0.2) is 91.0 Å². The fourth-order valence-electron chi connectivity index (χ4n) is 6.32. The van der Waals surface area contributed by atoms with Crippen LogP contribution in [0.3, 0.4) is 0 Å². The van der Waals surface area contributed by atoms with Crippen LogP contribution in [-0.2, 0) is 20.8 Å². The molecular formula is C34H29NO7. The smallest absolute Gasteiger partial charge is 0.315 e. The highest BCUT2D eigenvalue weighted by Gasteiger charge is 2.60. The van der Waals surface area contributed by atoms with Crippen molar-refractivity contribution in [3.63, 3.8) is 0 Å². The molecule has 212 valence electrons. The molecule has 0 aromatic heterocycles. The van der Waals surface area contributed by atoms with Crippen LogP contribution in [-0.4, -0.2) is 37.2 Å². The first-order valence-electron chi connectivity index (χ1n) is 13.6. The summed E-state index contributed by atoms with van der Waals surface area (Å²) in [5, 5.41) is 13.3. The van der Waals surface area contributed by atoms with E-state index in [2.05, 4.69) is 5.32 Å². The third-order valence-corrected chi connectivity index (χ3v) is 8.22. The second-order valence-corrected chi connectivity index (χ2v) is 10.5. The standard InChI is InChI=1S/C34H29NO7/c1-40-26-12-5-3-10-23(26)29-31(33(37)38)30(24-11-4-6-13-27(24)41-2)32(29)34(39)42-22-9-7-8-19(16-22)20-14-15-21-18-28(36)35-25(21)17-20/h3-17,29-32H,18H2,1-2H3,(H,35,36)(H,37,38)/t29-,30-,31-,32-/m1/s1. The molecule has 8 nitrogen and oxygen atoms in total. The molecule has 0 bridgehead atoms. The first kappa shape index (κ1) is 27.1. The molecule has 1 saturated carbocycles. The number of benzene rings is 4. The van der Waals surface area contributed by atoms with E-state index in [4.69, 9.17) is 14.2 Å². The fraction of sp³-hybridized carbons (Fsp3) is 0.206. The zero-order valence-electron chi connectivity index (χ0n) is 23.1. The molecule has 0 spiro atoms. The van der Waals surface area contributed by atoms with E-state index in [0.717, 1.165) is 22.4 Å². The maximum atomic E-state index is 14.0. The van der Waals surface area contributed by atoms with Crippen LogP contribution in [0.5, 0.6) is 17.2 Å². The Hall–Kier alpha value is -5.11. The SMILES string of the molecule is COc1ccccc1[C@@H]1[C@H](C(=O)O)[C@@H](c2ccccc2OC)[C@H]1C(=O)Oc1cccc(-c2ccc3c(c2)NC(=O)C3)c1. The summed E-state index contributed by atoms with van der Waals surface area (Å²) in [6.45, 7) is 0. The molecule has 2 atom stereocenters. The van der Waals surface area contributed by atoms with Crippen LogP contribution < -0.4 is 19.5 Å². The van der Waals surface area contributed by atoms with E-state index in [1.807, 2.05) is 24.3 Å². The molecule has 1 amide bonds. The average molecular weight is 564 g/mol. The van der Waals surface area contributed by atoms with E-state index in [-0.39, 0.29) is 5.91 Å². The van der Waals surface area contributed by atoms with Gasteiger partial charge in [0.05, 0.1) is 32.5 Å². The number of ether oxygens (including phenoxy) is 3. The number of aliphatic carboxylic acids is 1. The molecule has 6 rings (SSSR count). The van der Waals surface area contributed by atoms with Crippen LogP contribution in [0, 0.1) is 11.8 Å². The van der Waals surface area contributed by atoms with Crippen molar-refractivity contribution < 1.29 is 33.7 Å². The quantitative estimate of drug-likeness (QED) is 0.210. The molecule has 0 unspecified atom stereocenters. The van der Waals surface area contributed by atoms with Crippen molar-refractivity contribution in [3.8, 4) is 28.4 Å². The Morgan fingerprint density at radius 3 is 2.00 bits per heavy atom. The number of hydrogen-bond acceptors (Lipinski definition) is 6. The number of esters is 1. The predicted octanol–water partition coefficient (Wildman–Crippen LogP) is 5.67. The molecule has 2 aliphatic rings. The number of carbonyl (C=O) groups is 3. The van der Waals surface area contributed by atoms with E-state index in [1.165, 1.54) is 14.2 Å². The highest BCUT2D eigenvalue weighted by Crippen LogP contribution is 2.60. The molecule has 1 heterocycles. The number of hydrogen-bond donors (Lipinski definition) is 2. The maximum absolute atomic E-state index is 14.0. The number of fused-ring (bicyclic) bond motifs is 1. The Balaban J connectivity index is 1.36. The number of rotatable bonds is 8. The van der Waals surface area contributed by atoms with Crippen LogP contribution in [0.1, 0.15) is 28.5 Å². The lowest BCUT2D eigenvalue weighted by molar-refractivity contribution is -0.158. The summed E-state index contributed by atoms with van der Waals surface area (Å²) < 4.78 is 17.1. The lowest BCUT2D eigenvalue weighted by Gasteiger charge is -2.49. The first-order chi connectivity index (χ1) is 20.4. The third kappa shape index (κ3) is 4.75. The summed E-state index contributed by atoms with van der Waals surface area (Å²) in [7, 11) is 3.04. The zero-order chi connectivity index (χ0) is 29.4. The van der Waals surface area contributed by atoms with Gasteiger partial charge in [-0.15, -0.1) is 0 Å². The minimum absolute atomic E-state index is 0.0424. The Kier molecular flexibility index (Phi) is 7.12. The van der Waals surface area contributed by atoms with Gasteiger partial charge in [0.2, 0.25) is 5.91 Å². The lowest BCUT2D eigenvalue weighted by Crippen LogP contribution is -2.52. The van der Waals surface area contributed by atoms with E-state index in [9.17, 15) is 19.5 Å². The topological polar surface area (TPSA) is 111 Å². The van der Waals surface area contributed by atoms with Gasteiger partial charge in [-0.3, -0.25) is 14.4 Å². The normalized spacial score (nSPS) is 20.6. The third-order valence-electron chi connectivity index (χ3n) is 8.22. The summed E-state index contributed by atoms with van der Waals surface area (Å²) in [4.78, 5) is 38.5. The van der Waals surface area contributed by atoms with Crippen molar-refractivity contribution >= 4 is 23.5 Å². The van der Waals surface area contributed by atoms with Crippen molar-refractivity contribution in [2.75, 3.05) is 19.5 Å². The summed E-state index contributed by atoms with van der Waals surface area (Å²) >= 11 is 0. The van der Waals surface area contributed by atoms with E-state index in [1.54, 1.807) is 66.7 Å². The Morgan fingerprint density at radius 2 is 1.38 bits per heavy atom. The van der Waals surface area contributed by atoms with Gasteiger partial charge in [-0.05, 0) is 58.1 Å². The van der Waals surface area contributed by atoms with Crippen LogP contribution >= 0.6 is 0 Å². The van der Waals surface area contributed by atoms with Crippen LogP contribution in [0.2, 0.25) is 0 Å². The number of carbonyl (C=O) groups excluding carboxylic acids is 2. The second-order valence-electron chi connectivity index (χ2n) is 10.5. The number of para-hydroxylation sites is 2. The summed E-state index contributed by atoms with van der Waals surface area (Å²) in [5.74, 6) is -3.37. The van der Waals surface area contributed by atoms with E-state index >= 15 is 0 Å². The van der Waals surface area contributed by atoms with Gasteiger partial charge < -0.3 is 24.6 Å². The van der Waals surface area contributed by atoms with Gasteiger partial charge in [0.25, 0.3) is 0 Å². The van der Waals surface area contributed by atoms with Gasteiger partial charge in [0, 0.05) is 17.5 Å². The molecule has 8 heteroatoms. The maximum Gasteiger partial charge on any atom is 0.315 e. The van der Waals surface area contributed by atoms with Gasteiger partial charge >= 0.3 is 11.9 Å². The van der Waals surface area contributed by atoms with Crippen molar-refractivity contribution in [3.05, 3.63) is 108 Å². The summed E-state index contributed by atoms with van der Waals surface area (Å²) in [6, 6.07) is 27.2. The Labute approximate surface area is 242 Å². The number of anilines is 1. The van der Waals surface area contributed by atoms with Gasteiger partial charge in [-0.2, -0.15) is 0 Å². The highest BCUT2D eigenvalue weighted by molar-refractivity contribution is 6.00. The highest BCUT2D eigenvalue weighted by atomic mass is 16.5. The van der Waals surface area contributed by atoms with Gasteiger partial charge in [-0.1, -0.05) is 60.7 Å². The minimum atomic E-state index is -1.02. The summed E-state index contributed by atoms with van der Waals surface area (Å²) in [5.41, 5.74) is 4.65. The van der Waals surface area contributed by atoms with Crippen LogP contribution in [0.4, 0.5) is 5.69 Å². The number of methoxy groups -OCH3 is 2. The molecular weight excluding hydrogens is 534 g/mol. The molecule has 2 N–H and O–H groups in total. The van der Waals surface area contributed by atoms with Gasteiger partial charge in [-0.25, -0.2) is 0 Å². The Bertz CT molecular complexity index is 1640. The number of carboxylic acid groups (broad SMARTS) is 1. The Morgan fingerprint density at radius 1 is 0.762 bits per heavy atom. The van der Waals surface area contributed by atoms with E-state index in [0.29, 0.717) is 34.8 Å². The zero-order valence-corrected chi connectivity index (χ0v) is 23.1. The minimum Gasteiger partial charge on any atom is -0.496 e. The van der Waals surface area contributed by atoms with Crippen LogP contribution in [0.25, 0.3) is 11.1 Å². The molecule has 0 saturated heterocycles. The number of carboxylic acids is 1. The molecule has 1 aliphatic heterocycles.